The van der Waals surface area contributed by atoms with Crippen LogP contribution in [-0.4, -0.2) is 38.3 Å². The zero-order chi connectivity index (χ0) is 10.6. The van der Waals surface area contributed by atoms with Crippen LogP contribution in [0.2, 0.25) is 0 Å². The summed E-state index contributed by atoms with van der Waals surface area (Å²) in [5, 5.41) is 6.13. The normalized spacial score (nSPS) is 28.8. The van der Waals surface area contributed by atoms with Gasteiger partial charge in [0.15, 0.2) is 0 Å². The van der Waals surface area contributed by atoms with Crippen LogP contribution in [0.4, 0.5) is 0 Å². The monoisotopic (exact) mass is 200 g/mol. The van der Waals surface area contributed by atoms with Gasteiger partial charge in [-0.2, -0.15) is 0 Å². The van der Waals surface area contributed by atoms with Crippen molar-refractivity contribution in [3.63, 3.8) is 0 Å². The van der Waals surface area contributed by atoms with Crippen molar-refractivity contribution in [1.29, 1.82) is 0 Å². The molecule has 1 saturated heterocycles. The smallest absolute Gasteiger partial charge is 0.237 e. The molecular formula is C10H20N2O2. The van der Waals surface area contributed by atoms with Crippen molar-refractivity contribution < 1.29 is 9.53 Å². The third-order valence-corrected chi connectivity index (χ3v) is 2.62. The summed E-state index contributed by atoms with van der Waals surface area (Å²) in [6, 6.07) is 0.0661. The van der Waals surface area contributed by atoms with Crippen LogP contribution in [0.1, 0.15) is 20.3 Å². The van der Waals surface area contributed by atoms with Gasteiger partial charge in [0.1, 0.15) is 0 Å². The van der Waals surface area contributed by atoms with Gasteiger partial charge in [0.05, 0.1) is 12.6 Å². The fourth-order valence-electron chi connectivity index (χ4n) is 1.81. The number of hydrogen-bond acceptors (Lipinski definition) is 3. The van der Waals surface area contributed by atoms with Gasteiger partial charge in [0, 0.05) is 13.2 Å². The highest BCUT2D eigenvalue weighted by Gasteiger charge is 2.29. The van der Waals surface area contributed by atoms with Gasteiger partial charge in [0.25, 0.3) is 0 Å². The van der Waals surface area contributed by atoms with Gasteiger partial charge in [-0.3, -0.25) is 4.79 Å². The molecule has 0 saturated carbocycles. The second-order valence-electron chi connectivity index (χ2n) is 4.06. The first kappa shape index (κ1) is 11.5. The fraction of sp³-hybridized carbons (Fsp3) is 0.900. The number of carbonyl (C=O) groups is 1. The Hall–Kier alpha value is -0.610. The van der Waals surface area contributed by atoms with Crippen LogP contribution < -0.4 is 10.6 Å². The SMILES string of the molecule is COCC(C)NC(=O)C1NCCC1C. The molecule has 0 aliphatic carbocycles. The highest BCUT2D eigenvalue weighted by Crippen LogP contribution is 2.14. The van der Waals surface area contributed by atoms with E-state index in [-0.39, 0.29) is 18.0 Å². The predicted octanol–water partition coefficient (Wildman–Crippen LogP) is 0.135. The second kappa shape index (κ2) is 5.32. The molecule has 0 aromatic carbocycles. The molecule has 4 nitrogen and oxygen atoms in total. The number of hydrogen-bond donors (Lipinski definition) is 2. The first-order chi connectivity index (χ1) is 6.65. The van der Waals surface area contributed by atoms with Crippen molar-refractivity contribution in [2.45, 2.75) is 32.4 Å². The average Bonchev–Trinajstić information content (AvgIpc) is 2.51. The number of rotatable bonds is 4. The van der Waals surface area contributed by atoms with E-state index in [4.69, 9.17) is 4.74 Å². The summed E-state index contributed by atoms with van der Waals surface area (Å²) in [7, 11) is 1.64. The quantitative estimate of drug-likeness (QED) is 0.678. The van der Waals surface area contributed by atoms with Crippen LogP contribution >= 0.6 is 0 Å². The van der Waals surface area contributed by atoms with Gasteiger partial charge >= 0.3 is 0 Å². The zero-order valence-corrected chi connectivity index (χ0v) is 9.17. The number of carbonyl (C=O) groups excluding carboxylic acids is 1. The summed E-state index contributed by atoms with van der Waals surface area (Å²) in [5.41, 5.74) is 0. The fourth-order valence-corrected chi connectivity index (χ4v) is 1.81. The minimum Gasteiger partial charge on any atom is -0.383 e. The van der Waals surface area contributed by atoms with Crippen molar-refractivity contribution in [3.05, 3.63) is 0 Å². The van der Waals surface area contributed by atoms with Gasteiger partial charge in [-0.1, -0.05) is 6.92 Å². The zero-order valence-electron chi connectivity index (χ0n) is 9.17. The lowest BCUT2D eigenvalue weighted by atomic mass is 10.0. The minimum absolute atomic E-state index is 0.0192. The van der Waals surface area contributed by atoms with Crippen LogP contribution in [0.15, 0.2) is 0 Å². The molecule has 1 aliphatic rings. The lowest BCUT2D eigenvalue weighted by molar-refractivity contribution is -0.124. The molecule has 0 radical (unpaired) electrons. The summed E-state index contributed by atoms with van der Waals surface area (Å²) < 4.78 is 4.96. The maximum absolute atomic E-state index is 11.7. The molecule has 0 spiro atoms. The Labute approximate surface area is 85.4 Å². The summed E-state index contributed by atoms with van der Waals surface area (Å²) in [6.07, 6.45) is 1.08. The van der Waals surface area contributed by atoms with Crippen molar-refractivity contribution in [2.75, 3.05) is 20.3 Å². The van der Waals surface area contributed by atoms with Gasteiger partial charge in [-0.05, 0) is 25.8 Å². The minimum atomic E-state index is -0.0192. The van der Waals surface area contributed by atoms with E-state index in [1.165, 1.54) is 0 Å². The van der Waals surface area contributed by atoms with Crippen LogP contribution in [0, 0.1) is 5.92 Å². The molecular weight excluding hydrogens is 180 g/mol. The number of methoxy groups -OCH3 is 1. The summed E-state index contributed by atoms with van der Waals surface area (Å²) >= 11 is 0. The third-order valence-electron chi connectivity index (χ3n) is 2.62. The number of ether oxygens (including phenoxy) is 1. The Morgan fingerprint density at radius 3 is 2.93 bits per heavy atom. The Balaban J connectivity index is 2.33. The Morgan fingerprint density at radius 2 is 2.43 bits per heavy atom. The summed E-state index contributed by atoms with van der Waals surface area (Å²) in [5.74, 6) is 0.532. The van der Waals surface area contributed by atoms with Crippen molar-refractivity contribution >= 4 is 5.91 Å². The van der Waals surface area contributed by atoms with E-state index in [0.29, 0.717) is 12.5 Å². The van der Waals surface area contributed by atoms with Crippen LogP contribution in [0.25, 0.3) is 0 Å². The van der Waals surface area contributed by atoms with Crippen molar-refractivity contribution in [2.24, 2.45) is 5.92 Å². The maximum Gasteiger partial charge on any atom is 0.237 e. The first-order valence-corrected chi connectivity index (χ1v) is 5.18. The first-order valence-electron chi connectivity index (χ1n) is 5.18. The van der Waals surface area contributed by atoms with E-state index in [1.54, 1.807) is 7.11 Å². The van der Waals surface area contributed by atoms with Crippen LogP contribution in [0.5, 0.6) is 0 Å². The lowest BCUT2D eigenvalue weighted by Gasteiger charge is -2.19. The lowest BCUT2D eigenvalue weighted by Crippen LogP contribution is -2.47. The molecule has 1 amide bonds. The molecule has 1 fully saturated rings. The standard InChI is InChI=1S/C10H20N2O2/c1-7-4-5-11-9(7)10(13)12-8(2)6-14-3/h7-9,11H,4-6H2,1-3H3,(H,12,13). The summed E-state index contributed by atoms with van der Waals surface area (Å²) in [6.45, 7) is 5.55. The molecule has 2 N–H and O–H groups in total. The predicted molar refractivity (Wildman–Crippen MR) is 55.1 cm³/mol. The molecule has 3 unspecified atom stereocenters. The van der Waals surface area contributed by atoms with Gasteiger partial charge < -0.3 is 15.4 Å². The number of nitrogens with one attached hydrogen (secondary N) is 2. The topological polar surface area (TPSA) is 50.4 Å². The number of amides is 1. The van der Waals surface area contributed by atoms with Gasteiger partial charge in [0.2, 0.25) is 5.91 Å². The molecule has 82 valence electrons. The molecule has 4 heteroatoms. The Morgan fingerprint density at radius 1 is 1.71 bits per heavy atom. The van der Waals surface area contributed by atoms with Crippen molar-refractivity contribution in [3.8, 4) is 0 Å². The van der Waals surface area contributed by atoms with Crippen LogP contribution in [0.3, 0.4) is 0 Å². The van der Waals surface area contributed by atoms with E-state index in [0.717, 1.165) is 13.0 Å². The molecule has 1 aliphatic heterocycles. The average molecular weight is 200 g/mol. The van der Waals surface area contributed by atoms with Gasteiger partial charge in [-0.25, -0.2) is 0 Å². The van der Waals surface area contributed by atoms with Gasteiger partial charge in [-0.15, -0.1) is 0 Å². The van der Waals surface area contributed by atoms with E-state index in [1.807, 2.05) is 6.92 Å². The maximum atomic E-state index is 11.7. The van der Waals surface area contributed by atoms with E-state index in [9.17, 15) is 4.79 Å². The molecule has 3 atom stereocenters. The van der Waals surface area contributed by atoms with Crippen molar-refractivity contribution in [1.82, 2.24) is 10.6 Å². The van der Waals surface area contributed by atoms with E-state index >= 15 is 0 Å². The van der Waals surface area contributed by atoms with Crippen LogP contribution in [-0.2, 0) is 9.53 Å². The van der Waals surface area contributed by atoms with E-state index < -0.39 is 0 Å². The summed E-state index contributed by atoms with van der Waals surface area (Å²) in [4.78, 5) is 11.7. The van der Waals surface area contributed by atoms with E-state index in [2.05, 4.69) is 17.6 Å². The Kier molecular flexibility index (Phi) is 4.35. The highest BCUT2D eigenvalue weighted by molar-refractivity contribution is 5.82. The molecule has 1 heterocycles. The third kappa shape index (κ3) is 2.96. The molecule has 0 bridgehead atoms. The molecule has 0 aromatic heterocycles. The second-order valence-corrected chi connectivity index (χ2v) is 4.06. The Bertz CT molecular complexity index is 197. The largest absolute Gasteiger partial charge is 0.383 e. The highest BCUT2D eigenvalue weighted by atomic mass is 16.5. The molecule has 14 heavy (non-hydrogen) atoms. The molecule has 0 aromatic rings. The molecule has 1 rings (SSSR count).